The molecule has 9 rings (SSSR count). The molecule has 2 aromatic heterocycles. The van der Waals surface area contributed by atoms with Crippen LogP contribution in [0.1, 0.15) is 89.2 Å². The summed E-state index contributed by atoms with van der Waals surface area (Å²) < 4.78 is 0. The van der Waals surface area contributed by atoms with Gasteiger partial charge in [0.15, 0.2) is 11.5 Å². The van der Waals surface area contributed by atoms with Gasteiger partial charge in [-0.25, -0.2) is 0 Å². The third-order valence-corrected chi connectivity index (χ3v) is 10.6. The summed E-state index contributed by atoms with van der Waals surface area (Å²) in [5.41, 5.74) is 11.4. The summed E-state index contributed by atoms with van der Waals surface area (Å²) in [4.78, 5) is 37.1. The number of carbonyl (C=O) groups is 2. The number of amides is 2. The number of rotatable bonds is 4. The Morgan fingerprint density at radius 2 is 1.13 bits per heavy atom. The lowest BCUT2D eigenvalue weighted by Crippen LogP contribution is -2.17. The van der Waals surface area contributed by atoms with E-state index in [0.29, 0.717) is 46.7 Å². The third-order valence-electron chi connectivity index (χ3n) is 10.6. The van der Waals surface area contributed by atoms with Crippen molar-refractivity contribution in [3.63, 3.8) is 0 Å². The van der Waals surface area contributed by atoms with E-state index in [9.17, 15) is 19.8 Å². The van der Waals surface area contributed by atoms with E-state index in [2.05, 4.69) is 96.2 Å². The van der Waals surface area contributed by atoms with Crippen molar-refractivity contribution in [1.82, 2.24) is 19.8 Å². The van der Waals surface area contributed by atoms with Crippen molar-refractivity contribution >= 4 is 33.6 Å². The maximum absolute atomic E-state index is 12.6. The lowest BCUT2D eigenvalue weighted by Gasteiger charge is -2.11. The van der Waals surface area contributed by atoms with Crippen molar-refractivity contribution < 1.29 is 19.8 Å². The van der Waals surface area contributed by atoms with Gasteiger partial charge in [0.1, 0.15) is 11.0 Å². The Morgan fingerprint density at radius 3 is 1.56 bits per heavy atom. The van der Waals surface area contributed by atoms with Crippen molar-refractivity contribution in [2.75, 3.05) is 14.1 Å². The molecule has 0 radical (unpaired) electrons. The van der Waals surface area contributed by atoms with Crippen molar-refractivity contribution in [3.05, 3.63) is 140 Å². The Labute approximate surface area is 320 Å². The molecule has 0 spiro atoms. The summed E-state index contributed by atoms with van der Waals surface area (Å²) in [5, 5.41) is 23.0. The minimum atomic E-state index is -0.221. The molecule has 0 bridgehead atoms. The molecule has 6 aromatic rings. The van der Waals surface area contributed by atoms with Crippen LogP contribution in [0.15, 0.2) is 73.1 Å². The number of hydrogen-bond acceptors (Lipinski definition) is 6. The third kappa shape index (κ3) is 6.62. The minimum absolute atomic E-state index is 0.0248. The summed E-state index contributed by atoms with van der Waals surface area (Å²) in [7, 11) is 3.45. The van der Waals surface area contributed by atoms with Crippen molar-refractivity contribution in [2.45, 2.75) is 52.6 Å². The molecule has 8 heteroatoms. The first-order chi connectivity index (χ1) is 26.5. The number of terminal acetylenes is 1. The molecule has 272 valence electrons. The second-order valence-electron chi connectivity index (χ2n) is 15.0. The predicted molar refractivity (Wildman–Crippen MR) is 214 cm³/mol. The molecule has 2 N–H and O–H groups in total. The zero-order chi connectivity index (χ0) is 38.5. The summed E-state index contributed by atoms with van der Waals surface area (Å²) in [5.74, 6) is 9.33. The van der Waals surface area contributed by atoms with Gasteiger partial charge in [-0.2, -0.15) is 0 Å². The quantitative estimate of drug-likeness (QED) is 0.182. The molecule has 8 nitrogen and oxygen atoms in total. The zero-order valence-electron chi connectivity index (χ0n) is 31.3. The van der Waals surface area contributed by atoms with Gasteiger partial charge < -0.3 is 20.0 Å². The van der Waals surface area contributed by atoms with E-state index in [1.165, 1.54) is 22.3 Å². The Bertz CT molecular complexity index is 2680. The number of hydrogen-bond donors (Lipinski definition) is 2. The number of fused-ring (bicyclic) bond motifs is 4. The molecule has 0 saturated heterocycles. The van der Waals surface area contributed by atoms with E-state index in [1.807, 2.05) is 6.07 Å². The topological polar surface area (TPSA) is 107 Å². The van der Waals surface area contributed by atoms with Crippen LogP contribution in [0.4, 0.5) is 0 Å². The van der Waals surface area contributed by atoms with Gasteiger partial charge in [-0.05, 0) is 73.9 Å². The lowest BCUT2D eigenvalue weighted by molar-refractivity contribution is 0.0807. The molecule has 1 saturated carbocycles. The van der Waals surface area contributed by atoms with E-state index in [0.717, 1.165) is 58.7 Å². The van der Waals surface area contributed by atoms with Gasteiger partial charge in [0, 0.05) is 78.5 Å². The predicted octanol–water partition coefficient (Wildman–Crippen LogP) is 7.59. The average molecular weight is 725 g/mol. The molecule has 1 aliphatic carbocycles. The Hall–Kier alpha value is -6.64. The lowest BCUT2D eigenvalue weighted by atomic mass is 9.95. The molecule has 2 amide bonds. The minimum Gasteiger partial charge on any atom is -0.505 e. The summed E-state index contributed by atoms with van der Waals surface area (Å²) >= 11 is 0. The van der Waals surface area contributed by atoms with Gasteiger partial charge in [-0.3, -0.25) is 19.6 Å². The second kappa shape index (κ2) is 14.0. The van der Waals surface area contributed by atoms with Crippen LogP contribution in [-0.4, -0.2) is 55.9 Å². The zero-order valence-corrected chi connectivity index (χ0v) is 31.3. The molecule has 1 fully saturated rings. The number of pyridine rings is 2. The van der Waals surface area contributed by atoms with E-state index in [-0.39, 0.29) is 28.9 Å². The highest BCUT2D eigenvalue weighted by Crippen LogP contribution is 2.41. The van der Waals surface area contributed by atoms with Crippen LogP contribution in [0.2, 0.25) is 0 Å². The molecule has 55 heavy (non-hydrogen) atoms. The normalized spacial score (nSPS) is 14.3. The van der Waals surface area contributed by atoms with Crippen molar-refractivity contribution in [2.24, 2.45) is 5.92 Å². The summed E-state index contributed by atoms with van der Waals surface area (Å²) in [6.45, 7) is 5.00. The maximum Gasteiger partial charge on any atom is 0.258 e. The molecule has 4 heterocycles. The van der Waals surface area contributed by atoms with Gasteiger partial charge in [0.25, 0.3) is 11.8 Å². The van der Waals surface area contributed by atoms with Crippen LogP contribution >= 0.6 is 0 Å². The number of aromatic nitrogens is 2. The van der Waals surface area contributed by atoms with Gasteiger partial charge >= 0.3 is 0 Å². The van der Waals surface area contributed by atoms with Crippen molar-refractivity contribution in [3.8, 4) is 35.7 Å². The summed E-state index contributed by atoms with van der Waals surface area (Å²) in [6, 6.07) is 20.9. The molecular weight excluding hydrogens is 685 g/mol. The van der Waals surface area contributed by atoms with Crippen LogP contribution in [0.5, 0.6) is 11.5 Å². The van der Waals surface area contributed by atoms with Crippen molar-refractivity contribution in [1.29, 1.82) is 0 Å². The van der Waals surface area contributed by atoms with E-state index in [4.69, 9.17) is 6.42 Å². The molecule has 0 unspecified atom stereocenters. The van der Waals surface area contributed by atoms with Gasteiger partial charge in [0.2, 0.25) is 0 Å². The fraction of sp³-hybridized carbons (Fsp3) is 0.234. The highest BCUT2D eigenvalue weighted by Gasteiger charge is 2.34. The smallest absolute Gasteiger partial charge is 0.258 e. The fourth-order valence-electron chi connectivity index (χ4n) is 7.44. The highest BCUT2D eigenvalue weighted by molar-refractivity contribution is 6.09. The van der Waals surface area contributed by atoms with Crippen LogP contribution in [0.25, 0.3) is 21.8 Å². The first kappa shape index (κ1) is 35.4. The largest absolute Gasteiger partial charge is 0.505 e. The van der Waals surface area contributed by atoms with E-state index < -0.39 is 0 Å². The van der Waals surface area contributed by atoms with Gasteiger partial charge in [0.05, 0.1) is 11.1 Å². The number of aryl methyl sites for hydroxylation is 2. The van der Waals surface area contributed by atoms with Crippen LogP contribution < -0.4 is 0 Å². The molecule has 3 aliphatic rings. The number of aromatic hydroxyl groups is 2. The number of phenolic OH excluding ortho intramolecular Hbond substituents is 2. The Balaban J connectivity index is 0.000000156. The number of carbonyl (C=O) groups excluding carboxylic acids is 2. The highest BCUT2D eigenvalue weighted by atomic mass is 16.3. The first-order valence-electron chi connectivity index (χ1n) is 18.4. The van der Waals surface area contributed by atoms with Crippen LogP contribution in [0, 0.1) is 44.0 Å². The van der Waals surface area contributed by atoms with Gasteiger partial charge in [-0.1, -0.05) is 77.4 Å². The second-order valence-corrected chi connectivity index (χ2v) is 15.0. The Kier molecular flexibility index (Phi) is 8.99. The number of benzene rings is 4. The summed E-state index contributed by atoms with van der Waals surface area (Å²) in [6.07, 6.45) is 13.0. The van der Waals surface area contributed by atoms with E-state index >= 15 is 0 Å². The molecule has 2 aliphatic heterocycles. The molecule has 0 atom stereocenters. The van der Waals surface area contributed by atoms with Crippen LogP contribution in [0.3, 0.4) is 0 Å². The number of nitrogens with zero attached hydrogens (tertiary/aromatic N) is 4. The Morgan fingerprint density at radius 1 is 0.691 bits per heavy atom. The number of phenols is 2. The maximum atomic E-state index is 12.6. The first-order valence-corrected chi connectivity index (χ1v) is 18.4. The average Bonchev–Trinajstić information content (AvgIpc) is 3.89. The van der Waals surface area contributed by atoms with Gasteiger partial charge in [-0.15, -0.1) is 6.42 Å². The SMILES string of the molecule is C#Cc1c2c(c(O)c3ncc(Cc4ccc(C)cc4)cc13)C(=O)N(C)C2.Cc1ccc(Cc2cnc3c(O)c4c(c(C#CC5CC5)c3c2)CN(C)C4=O)cc1. The van der Waals surface area contributed by atoms with Crippen LogP contribution in [-0.2, 0) is 25.9 Å². The fourth-order valence-corrected chi connectivity index (χ4v) is 7.44. The molecule has 4 aromatic carbocycles. The standard InChI is InChI=1S/C25H22N2O2.C22H18N2O2/c1-15-3-5-17(6-4-15)11-18-12-20-19(10-9-16-7-8-16)21-14-27(2)25(29)22(21)24(28)23(20)26-13-18;1-4-16-17-10-15(9-14-7-5-13(2)6-8-14)11-23-20(17)21(25)19-18(16)12-24(3)22(19)26/h3-6,12-13,16,28H,7-8,11,14H2,1-2H3;1,5-8,10-11,25H,9,12H2,2-3H3. The van der Waals surface area contributed by atoms with E-state index in [1.54, 1.807) is 36.3 Å². The monoisotopic (exact) mass is 724 g/mol. The molecular formula is C47H40N4O4.